The molecule has 0 atom stereocenters. The van der Waals surface area contributed by atoms with Crippen molar-refractivity contribution in [1.82, 2.24) is 4.90 Å². The highest BCUT2D eigenvalue weighted by molar-refractivity contribution is 5.46. The Morgan fingerprint density at radius 3 is 2.38 bits per heavy atom. The number of methoxy groups -OCH3 is 1. The van der Waals surface area contributed by atoms with Gasteiger partial charge in [-0.1, -0.05) is 0 Å². The third-order valence-electron chi connectivity index (χ3n) is 3.98. The molecule has 0 N–H and O–H groups in total. The minimum atomic E-state index is 0.187. The van der Waals surface area contributed by atoms with Gasteiger partial charge in [0, 0.05) is 24.7 Å². The highest BCUT2D eigenvalue weighted by Gasteiger charge is 2.28. The van der Waals surface area contributed by atoms with Gasteiger partial charge in [-0.05, 0) is 45.7 Å². The van der Waals surface area contributed by atoms with Gasteiger partial charge in [0.05, 0.1) is 18.7 Å². The van der Waals surface area contributed by atoms with Crippen molar-refractivity contribution in [3.05, 3.63) is 23.8 Å². The van der Waals surface area contributed by atoms with Crippen LogP contribution in [0.3, 0.4) is 0 Å². The summed E-state index contributed by atoms with van der Waals surface area (Å²) in [4.78, 5) is 2.48. The molecular weight excluding hydrogens is 264 g/mol. The number of rotatable bonds is 3. The molecule has 2 rings (SSSR count). The van der Waals surface area contributed by atoms with Crippen LogP contribution in [-0.2, 0) is 0 Å². The molecule has 0 unspecified atom stereocenters. The Labute approximate surface area is 127 Å². The molecule has 0 aliphatic carbocycles. The van der Waals surface area contributed by atoms with E-state index in [0.717, 1.165) is 25.9 Å². The first-order chi connectivity index (χ1) is 9.94. The molecule has 0 saturated carbocycles. The number of hydrogen-bond donors (Lipinski definition) is 0. The fourth-order valence-electron chi connectivity index (χ4n) is 2.66. The van der Waals surface area contributed by atoms with E-state index in [4.69, 9.17) is 14.7 Å². The smallest absolute Gasteiger partial charge is 0.162 e. The van der Waals surface area contributed by atoms with Crippen molar-refractivity contribution >= 4 is 0 Å². The summed E-state index contributed by atoms with van der Waals surface area (Å²) in [6.07, 6.45) is 2.18. The number of nitrogens with zero attached hydrogens (tertiary/aromatic N) is 2. The first-order valence-electron chi connectivity index (χ1n) is 7.44. The van der Waals surface area contributed by atoms with Crippen molar-refractivity contribution in [2.24, 2.45) is 0 Å². The molecule has 4 nitrogen and oxygen atoms in total. The zero-order valence-electron chi connectivity index (χ0n) is 13.3. The monoisotopic (exact) mass is 288 g/mol. The molecule has 0 aromatic heterocycles. The summed E-state index contributed by atoms with van der Waals surface area (Å²) < 4.78 is 11.4. The van der Waals surface area contributed by atoms with E-state index < -0.39 is 0 Å². The van der Waals surface area contributed by atoms with Crippen molar-refractivity contribution < 1.29 is 9.47 Å². The van der Waals surface area contributed by atoms with Crippen molar-refractivity contribution in [3.8, 4) is 17.6 Å². The number of likely N-dealkylation sites (tertiary alicyclic amines) is 1. The molecule has 21 heavy (non-hydrogen) atoms. The molecular formula is C17H24N2O2. The van der Waals surface area contributed by atoms with Gasteiger partial charge in [-0.15, -0.1) is 0 Å². The maximum absolute atomic E-state index is 9.00. The fourth-order valence-corrected chi connectivity index (χ4v) is 2.66. The molecule has 0 amide bonds. The molecule has 4 heteroatoms. The summed E-state index contributed by atoms with van der Waals surface area (Å²) in [6.45, 7) is 8.80. The van der Waals surface area contributed by atoms with E-state index in [1.165, 1.54) is 0 Å². The predicted molar refractivity (Wildman–Crippen MR) is 82.7 cm³/mol. The summed E-state index contributed by atoms with van der Waals surface area (Å²) in [5.41, 5.74) is 0.807. The fraction of sp³-hybridized carbons (Fsp3) is 0.588. The van der Waals surface area contributed by atoms with Gasteiger partial charge in [0.15, 0.2) is 11.5 Å². The standard InChI is InChI=1S/C17H24N2O2/c1-17(2,3)19-9-7-14(8-10-19)21-16-11-13(12-18)5-6-15(16)20-4/h5-6,11,14H,7-10H2,1-4H3. The Balaban J connectivity index is 2.02. The van der Waals surface area contributed by atoms with Crippen LogP contribution in [0.4, 0.5) is 0 Å². The number of nitriles is 1. The van der Waals surface area contributed by atoms with Crippen molar-refractivity contribution in [1.29, 1.82) is 5.26 Å². The third kappa shape index (κ3) is 3.89. The van der Waals surface area contributed by atoms with Gasteiger partial charge in [-0.3, -0.25) is 4.90 Å². The molecule has 1 aromatic carbocycles. The third-order valence-corrected chi connectivity index (χ3v) is 3.98. The van der Waals surface area contributed by atoms with Crippen LogP contribution in [0.2, 0.25) is 0 Å². The normalized spacial score (nSPS) is 17.3. The van der Waals surface area contributed by atoms with E-state index >= 15 is 0 Å². The van der Waals surface area contributed by atoms with Gasteiger partial charge in [0.2, 0.25) is 0 Å². The van der Waals surface area contributed by atoms with Crippen molar-refractivity contribution in [2.45, 2.75) is 45.3 Å². The number of benzene rings is 1. The zero-order valence-corrected chi connectivity index (χ0v) is 13.3. The average molecular weight is 288 g/mol. The molecule has 0 bridgehead atoms. The van der Waals surface area contributed by atoms with Crippen LogP contribution in [0.5, 0.6) is 11.5 Å². The van der Waals surface area contributed by atoms with E-state index in [0.29, 0.717) is 17.1 Å². The quantitative estimate of drug-likeness (QED) is 0.856. The van der Waals surface area contributed by atoms with Crippen LogP contribution >= 0.6 is 0 Å². The Bertz CT molecular complexity index is 521. The molecule has 0 spiro atoms. The second-order valence-corrected chi connectivity index (χ2v) is 6.45. The molecule has 1 saturated heterocycles. The molecule has 1 aliphatic heterocycles. The molecule has 1 heterocycles. The summed E-state index contributed by atoms with van der Waals surface area (Å²) in [5, 5.41) is 9.00. The van der Waals surface area contributed by atoms with Crippen LogP contribution in [0, 0.1) is 11.3 Å². The van der Waals surface area contributed by atoms with Gasteiger partial charge in [0.25, 0.3) is 0 Å². The lowest BCUT2D eigenvalue weighted by Gasteiger charge is -2.40. The number of ether oxygens (including phenoxy) is 2. The van der Waals surface area contributed by atoms with Gasteiger partial charge >= 0.3 is 0 Å². The molecule has 0 radical (unpaired) electrons. The Morgan fingerprint density at radius 2 is 1.86 bits per heavy atom. The first kappa shape index (κ1) is 15.7. The van der Waals surface area contributed by atoms with Crippen LogP contribution in [0.15, 0.2) is 18.2 Å². The second-order valence-electron chi connectivity index (χ2n) is 6.45. The van der Waals surface area contributed by atoms with Gasteiger partial charge in [-0.25, -0.2) is 0 Å². The summed E-state index contributed by atoms with van der Waals surface area (Å²) in [7, 11) is 1.62. The largest absolute Gasteiger partial charge is 0.493 e. The lowest BCUT2D eigenvalue weighted by atomic mass is 9.99. The van der Waals surface area contributed by atoms with Gasteiger partial charge < -0.3 is 9.47 Å². The topological polar surface area (TPSA) is 45.5 Å². The highest BCUT2D eigenvalue weighted by Crippen LogP contribution is 2.31. The number of hydrogen-bond acceptors (Lipinski definition) is 4. The zero-order chi connectivity index (χ0) is 15.5. The molecule has 114 valence electrons. The molecule has 1 aromatic rings. The van der Waals surface area contributed by atoms with Gasteiger partial charge in [0.1, 0.15) is 6.10 Å². The summed E-state index contributed by atoms with van der Waals surface area (Å²) in [6, 6.07) is 7.43. The predicted octanol–water partition coefficient (Wildman–Crippen LogP) is 3.21. The Morgan fingerprint density at radius 1 is 1.19 bits per heavy atom. The minimum Gasteiger partial charge on any atom is -0.493 e. The van der Waals surface area contributed by atoms with E-state index in [9.17, 15) is 0 Å². The molecule has 1 aliphatic rings. The van der Waals surface area contributed by atoms with Gasteiger partial charge in [-0.2, -0.15) is 5.26 Å². The molecule has 1 fully saturated rings. The van der Waals surface area contributed by atoms with Crippen LogP contribution in [0.1, 0.15) is 39.2 Å². The average Bonchev–Trinajstić information content (AvgIpc) is 2.46. The van der Waals surface area contributed by atoms with Crippen molar-refractivity contribution in [3.63, 3.8) is 0 Å². The van der Waals surface area contributed by atoms with Crippen LogP contribution in [-0.4, -0.2) is 36.7 Å². The van der Waals surface area contributed by atoms with E-state index in [1.54, 1.807) is 25.3 Å². The maximum Gasteiger partial charge on any atom is 0.162 e. The second kappa shape index (κ2) is 6.36. The lowest BCUT2D eigenvalue weighted by molar-refractivity contribution is 0.0480. The maximum atomic E-state index is 9.00. The Hall–Kier alpha value is -1.73. The van der Waals surface area contributed by atoms with E-state index in [2.05, 4.69) is 31.7 Å². The SMILES string of the molecule is COc1ccc(C#N)cc1OC1CCN(C(C)(C)C)CC1. The van der Waals surface area contributed by atoms with Crippen molar-refractivity contribution in [2.75, 3.05) is 20.2 Å². The summed E-state index contributed by atoms with van der Waals surface area (Å²) >= 11 is 0. The first-order valence-corrected chi connectivity index (χ1v) is 7.44. The lowest BCUT2D eigenvalue weighted by Crippen LogP contribution is -2.48. The van der Waals surface area contributed by atoms with Crippen LogP contribution in [0.25, 0.3) is 0 Å². The Kier molecular flexibility index (Phi) is 4.74. The minimum absolute atomic E-state index is 0.187. The van der Waals surface area contributed by atoms with Crippen LogP contribution < -0.4 is 9.47 Å². The van der Waals surface area contributed by atoms with E-state index in [-0.39, 0.29) is 11.6 Å². The number of piperidine rings is 1. The summed E-state index contributed by atoms with van der Waals surface area (Å²) in [5.74, 6) is 1.36. The highest BCUT2D eigenvalue weighted by atomic mass is 16.5. The van der Waals surface area contributed by atoms with E-state index in [1.807, 2.05) is 0 Å².